The van der Waals surface area contributed by atoms with E-state index in [1.54, 1.807) is 13.8 Å². The molecule has 1 rings (SSSR count). The second-order valence-corrected chi connectivity index (χ2v) is 6.45. The van der Waals surface area contributed by atoms with E-state index in [9.17, 15) is 12.8 Å². The van der Waals surface area contributed by atoms with Gasteiger partial charge in [0.05, 0.1) is 4.90 Å². The van der Waals surface area contributed by atoms with E-state index in [2.05, 4.69) is 4.72 Å². The maximum atomic E-state index is 13.2. The fourth-order valence-electron chi connectivity index (χ4n) is 1.44. The Hall–Kier alpha value is -0.980. The lowest BCUT2D eigenvalue weighted by atomic mass is 10.0. The van der Waals surface area contributed by atoms with Crippen LogP contribution in [0.3, 0.4) is 0 Å². The minimum Gasteiger partial charge on any atom is -0.326 e. The summed E-state index contributed by atoms with van der Waals surface area (Å²) in [6.07, 6.45) is 0.625. The van der Waals surface area contributed by atoms with E-state index in [0.29, 0.717) is 12.0 Å². The highest BCUT2D eigenvalue weighted by Crippen LogP contribution is 2.20. The van der Waals surface area contributed by atoms with Gasteiger partial charge in [-0.15, -0.1) is 0 Å². The molecule has 0 aliphatic heterocycles. The molecule has 4 nitrogen and oxygen atoms in total. The fourth-order valence-corrected chi connectivity index (χ4v) is 3.18. The van der Waals surface area contributed by atoms with Gasteiger partial charge in [-0.1, -0.05) is 13.0 Å². The molecule has 0 unspecified atom stereocenters. The van der Waals surface area contributed by atoms with Crippen LogP contribution in [0.2, 0.25) is 0 Å². The molecular weight excluding hydrogens is 255 g/mol. The maximum Gasteiger partial charge on any atom is 0.241 e. The van der Waals surface area contributed by atoms with E-state index in [-0.39, 0.29) is 11.4 Å². The number of sulfonamides is 1. The minimum absolute atomic E-state index is 0.0447. The quantitative estimate of drug-likeness (QED) is 0.859. The number of nitrogens with two attached hydrogens (primary N) is 1. The van der Waals surface area contributed by atoms with Gasteiger partial charge in [0, 0.05) is 12.1 Å². The van der Waals surface area contributed by atoms with Crippen molar-refractivity contribution in [1.82, 2.24) is 4.72 Å². The summed E-state index contributed by atoms with van der Waals surface area (Å²) in [4.78, 5) is -0.0912. The first-order valence-electron chi connectivity index (χ1n) is 5.74. The SMILES string of the molecule is CCC(C)(C)NS(=O)(=O)c1cc(F)ccc1CN. The summed E-state index contributed by atoms with van der Waals surface area (Å²) in [5.74, 6) is -0.595. The molecule has 0 spiro atoms. The summed E-state index contributed by atoms with van der Waals surface area (Å²) in [5, 5.41) is 0. The molecule has 0 heterocycles. The van der Waals surface area contributed by atoms with Crippen molar-refractivity contribution < 1.29 is 12.8 Å². The van der Waals surface area contributed by atoms with E-state index in [4.69, 9.17) is 5.73 Å². The zero-order valence-electron chi connectivity index (χ0n) is 10.8. The van der Waals surface area contributed by atoms with Gasteiger partial charge in [0.15, 0.2) is 0 Å². The van der Waals surface area contributed by atoms with Crippen molar-refractivity contribution >= 4 is 10.0 Å². The highest BCUT2D eigenvalue weighted by atomic mass is 32.2. The molecule has 0 radical (unpaired) electrons. The van der Waals surface area contributed by atoms with E-state index in [0.717, 1.165) is 6.07 Å². The first kappa shape index (κ1) is 15.1. The number of nitrogens with one attached hydrogen (secondary N) is 1. The molecule has 1 aromatic carbocycles. The molecule has 0 saturated heterocycles. The van der Waals surface area contributed by atoms with Gasteiger partial charge in [-0.3, -0.25) is 0 Å². The first-order valence-corrected chi connectivity index (χ1v) is 7.22. The summed E-state index contributed by atoms with van der Waals surface area (Å²) >= 11 is 0. The summed E-state index contributed by atoms with van der Waals surface area (Å²) in [5.41, 5.74) is 5.29. The summed E-state index contributed by atoms with van der Waals surface area (Å²) < 4.78 is 40.2. The zero-order valence-corrected chi connectivity index (χ0v) is 11.6. The van der Waals surface area contributed by atoms with Gasteiger partial charge in [-0.2, -0.15) is 0 Å². The van der Waals surface area contributed by atoms with Crippen molar-refractivity contribution in [3.63, 3.8) is 0 Å². The smallest absolute Gasteiger partial charge is 0.241 e. The van der Waals surface area contributed by atoms with Crippen molar-refractivity contribution in [3.8, 4) is 0 Å². The highest BCUT2D eigenvalue weighted by Gasteiger charge is 2.26. The van der Waals surface area contributed by atoms with Crippen LogP contribution in [0.5, 0.6) is 0 Å². The predicted molar refractivity (Wildman–Crippen MR) is 69.0 cm³/mol. The van der Waals surface area contributed by atoms with Crippen LogP contribution in [0.1, 0.15) is 32.8 Å². The molecule has 18 heavy (non-hydrogen) atoms. The Labute approximate surface area is 107 Å². The van der Waals surface area contributed by atoms with E-state index >= 15 is 0 Å². The topological polar surface area (TPSA) is 72.2 Å². The molecule has 1 aromatic rings. The van der Waals surface area contributed by atoms with Crippen molar-refractivity contribution in [3.05, 3.63) is 29.6 Å². The number of halogens is 1. The summed E-state index contributed by atoms with van der Waals surface area (Å²) in [6, 6.07) is 3.59. The average Bonchev–Trinajstić information content (AvgIpc) is 2.28. The van der Waals surface area contributed by atoms with Crippen molar-refractivity contribution in [2.24, 2.45) is 5.73 Å². The van der Waals surface area contributed by atoms with E-state index in [1.807, 2.05) is 6.92 Å². The normalized spacial score (nSPS) is 12.7. The molecule has 0 aliphatic carbocycles. The molecule has 0 saturated carbocycles. The van der Waals surface area contributed by atoms with Gasteiger partial charge in [0.1, 0.15) is 5.82 Å². The Kier molecular flexibility index (Phi) is 4.47. The van der Waals surface area contributed by atoms with Gasteiger partial charge < -0.3 is 5.73 Å². The molecule has 3 N–H and O–H groups in total. The van der Waals surface area contributed by atoms with Crippen molar-refractivity contribution in [2.75, 3.05) is 0 Å². The third kappa shape index (κ3) is 3.51. The third-order valence-corrected chi connectivity index (χ3v) is 4.61. The summed E-state index contributed by atoms with van der Waals surface area (Å²) in [6.45, 7) is 5.46. The molecular formula is C12H19FN2O2S. The van der Waals surface area contributed by atoms with Crippen LogP contribution in [-0.2, 0) is 16.6 Å². The van der Waals surface area contributed by atoms with Crippen LogP contribution >= 0.6 is 0 Å². The molecule has 102 valence electrons. The van der Waals surface area contributed by atoms with Crippen molar-refractivity contribution in [1.29, 1.82) is 0 Å². The van der Waals surface area contributed by atoms with Crippen LogP contribution in [0.15, 0.2) is 23.1 Å². The molecule has 6 heteroatoms. The molecule has 0 atom stereocenters. The zero-order chi connectivity index (χ0) is 14.0. The monoisotopic (exact) mass is 274 g/mol. The van der Waals surface area contributed by atoms with Crippen LogP contribution in [0, 0.1) is 5.82 Å². The van der Waals surface area contributed by atoms with Crippen molar-refractivity contribution in [2.45, 2.75) is 44.2 Å². The number of hydrogen-bond donors (Lipinski definition) is 2. The summed E-state index contributed by atoms with van der Waals surface area (Å²) in [7, 11) is -3.77. The Morgan fingerprint density at radius 1 is 1.39 bits per heavy atom. The Balaban J connectivity index is 3.24. The van der Waals surface area contributed by atoms with E-state index in [1.165, 1.54) is 12.1 Å². The molecule has 0 bridgehead atoms. The van der Waals surface area contributed by atoms with Crippen LogP contribution in [0.25, 0.3) is 0 Å². The Morgan fingerprint density at radius 2 is 2.00 bits per heavy atom. The second-order valence-electron chi connectivity index (χ2n) is 4.80. The standard InChI is InChI=1S/C12H19FN2O2S/c1-4-12(2,3)15-18(16,17)11-7-10(13)6-5-9(11)8-14/h5-7,15H,4,8,14H2,1-3H3. The van der Waals surface area contributed by atoms with Crippen LogP contribution in [-0.4, -0.2) is 14.0 Å². The lowest BCUT2D eigenvalue weighted by molar-refractivity contribution is 0.439. The Morgan fingerprint density at radius 3 is 2.50 bits per heavy atom. The average molecular weight is 274 g/mol. The van der Waals surface area contributed by atoms with Gasteiger partial charge >= 0.3 is 0 Å². The number of rotatable bonds is 5. The number of benzene rings is 1. The molecule has 0 aliphatic rings. The van der Waals surface area contributed by atoms with Gasteiger partial charge in [-0.05, 0) is 38.0 Å². The van der Waals surface area contributed by atoms with E-state index < -0.39 is 21.4 Å². The lowest BCUT2D eigenvalue weighted by Gasteiger charge is -2.24. The second kappa shape index (κ2) is 5.34. The van der Waals surface area contributed by atoms with Crippen LogP contribution in [0.4, 0.5) is 4.39 Å². The largest absolute Gasteiger partial charge is 0.326 e. The molecule has 0 aromatic heterocycles. The highest BCUT2D eigenvalue weighted by molar-refractivity contribution is 7.89. The van der Waals surface area contributed by atoms with Crippen LogP contribution < -0.4 is 10.5 Å². The molecule has 0 amide bonds. The van der Waals surface area contributed by atoms with Gasteiger partial charge in [-0.25, -0.2) is 17.5 Å². The third-order valence-electron chi connectivity index (χ3n) is 2.83. The maximum absolute atomic E-state index is 13.2. The lowest BCUT2D eigenvalue weighted by Crippen LogP contribution is -2.43. The fraction of sp³-hybridized carbons (Fsp3) is 0.500. The molecule has 0 fully saturated rings. The van der Waals surface area contributed by atoms with Gasteiger partial charge in [0.25, 0.3) is 0 Å². The van der Waals surface area contributed by atoms with Gasteiger partial charge in [0.2, 0.25) is 10.0 Å². The minimum atomic E-state index is -3.77. The first-order chi connectivity index (χ1) is 8.22. The number of hydrogen-bond acceptors (Lipinski definition) is 3. The predicted octanol–water partition coefficient (Wildman–Crippen LogP) is 1.75. The Bertz CT molecular complexity index is 527.